The Bertz CT molecular complexity index is 766. The lowest BCUT2D eigenvalue weighted by Crippen LogP contribution is -2.42. The minimum absolute atomic E-state index is 0.192. The first-order valence-corrected chi connectivity index (χ1v) is 9.29. The van der Waals surface area contributed by atoms with E-state index in [0.717, 1.165) is 11.3 Å². The molecular formula is C19H24N2O4S. The summed E-state index contributed by atoms with van der Waals surface area (Å²) < 4.78 is 5.55. The van der Waals surface area contributed by atoms with Gasteiger partial charge in [-0.05, 0) is 51.3 Å². The van der Waals surface area contributed by atoms with Gasteiger partial charge in [0.15, 0.2) is 0 Å². The van der Waals surface area contributed by atoms with Crippen LogP contribution in [0.3, 0.4) is 0 Å². The van der Waals surface area contributed by atoms with Crippen molar-refractivity contribution < 1.29 is 19.4 Å². The van der Waals surface area contributed by atoms with Gasteiger partial charge in [0.1, 0.15) is 6.04 Å². The number of aliphatic carboxylic acids is 1. The number of amides is 1. The molecule has 0 fully saturated rings. The highest BCUT2D eigenvalue weighted by Gasteiger charge is 2.23. The topological polar surface area (TPSA) is 88.5 Å². The van der Waals surface area contributed by atoms with Crippen molar-refractivity contribution in [2.24, 2.45) is 0 Å². The normalized spacial score (nSPS) is 12.6. The molecule has 0 aliphatic carbocycles. The Morgan fingerprint density at radius 3 is 2.58 bits per heavy atom. The smallest absolute Gasteiger partial charge is 0.326 e. The van der Waals surface area contributed by atoms with E-state index in [1.807, 2.05) is 37.6 Å². The zero-order valence-corrected chi connectivity index (χ0v) is 16.2. The summed E-state index contributed by atoms with van der Waals surface area (Å²) in [5.74, 6) is -1.54. The average molecular weight is 376 g/mol. The number of nitrogens with one attached hydrogen (secondary N) is 1. The van der Waals surface area contributed by atoms with E-state index in [2.05, 4.69) is 10.3 Å². The molecule has 26 heavy (non-hydrogen) atoms. The van der Waals surface area contributed by atoms with E-state index in [9.17, 15) is 14.7 Å². The maximum atomic E-state index is 12.5. The maximum absolute atomic E-state index is 12.5. The molecule has 0 aliphatic rings. The number of thiophene rings is 1. The predicted octanol–water partition coefficient (Wildman–Crippen LogP) is 3.51. The number of rotatable bonds is 7. The first-order chi connectivity index (χ1) is 12.2. The summed E-state index contributed by atoms with van der Waals surface area (Å²) in [7, 11) is 0. The Labute approximate surface area is 157 Å². The van der Waals surface area contributed by atoms with Crippen molar-refractivity contribution in [1.82, 2.24) is 10.3 Å². The number of carboxylic acid groups (broad SMARTS) is 1. The summed E-state index contributed by atoms with van der Waals surface area (Å²) in [6.45, 7) is 7.67. The quantitative estimate of drug-likeness (QED) is 0.772. The zero-order valence-electron chi connectivity index (χ0n) is 15.4. The highest BCUT2D eigenvalue weighted by Crippen LogP contribution is 2.21. The van der Waals surface area contributed by atoms with Gasteiger partial charge in [0.2, 0.25) is 0 Å². The summed E-state index contributed by atoms with van der Waals surface area (Å²) in [5, 5.41) is 15.9. The molecule has 0 saturated heterocycles. The van der Waals surface area contributed by atoms with E-state index in [0.29, 0.717) is 11.3 Å². The van der Waals surface area contributed by atoms with Crippen LogP contribution in [0.25, 0.3) is 11.3 Å². The highest BCUT2D eigenvalue weighted by molar-refractivity contribution is 7.08. The average Bonchev–Trinajstić information content (AvgIpc) is 3.06. The maximum Gasteiger partial charge on any atom is 0.326 e. The van der Waals surface area contributed by atoms with Crippen LogP contribution in [-0.2, 0) is 9.53 Å². The van der Waals surface area contributed by atoms with Gasteiger partial charge in [-0.25, -0.2) is 4.79 Å². The molecule has 2 aromatic heterocycles. The van der Waals surface area contributed by atoms with Gasteiger partial charge in [-0.3, -0.25) is 9.78 Å². The van der Waals surface area contributed by atoms with Gasteiger partial charge >= 0.3 is 5.97 Å². The molecule has 0 radical (unpaired) electrons. The highest BCUT2D eigenvalue weighted by atomic mass is 32.1. The summed E-state index contributed by atoms with van der Waals surface area (Å²) in [4.78, 5) is 28.4. The van der Waals surface area contributed by atoms with Gasteiger partial charge in [0, 0.05) is 24.0 Å². The second kappa shape index (κ2) is 8.42. The number of pyridine rings is 1. The molecule has 0 saturated carbocycles. The van der Waals surface area contributed by atoms with Crippen molar-refractivity contribution in [3.63, 3.8) is 0 Å². The first-order valence-electron chi connectivity index (χ1n) is 8.35. The summed E-state index contributed by atoms with van der Waals surface area (Å²) in [6, 6.07) is 4.39. The van der Waals surface area contributed by atoms with Crippen LogP contribution >= 0.6 is 11.3 Å². The third-order valence-corrected chi connectivity index (χ3v) is 4.38. The molecule has 1 unspecified atom stereocenters. The molecule has 140 valence electrons. The fourth-order valence-corrected chi connectivity index (χ4v) is 3.00. The number of nitrogens with zero attached hydrogens (tertiary/aromatic N) is 1. The number of carbonyl (C=O) groups is 2. The van der Waals surface area contributed by atoms with E-state index in [-0.39, 0.29) is 18.6 Å². The number of aryl methyl sites for hydroxylation is 1. The Morgan fingerprint density at radius 1 is 1.31 bits per heavy atom. The van der Waals surface area contributed by atoms with Crippen LogP contribution in [0.2, 0.25) is 0 Å². The van der Waals surface area contributed by atoms with Crippen LogP contribution in [0.4, 0.5) is 0 Å². The lowest BCUT2D eigenvalue weighted by molar-refractivity contribution is -0.140. The number of carboxylic acids is 1. The summed E-state index contributed by atoms with van der Waals surface area (Å²) in [6.07, 6.45) is 0.192. The number of carbonyl (C=O) groups excluding carboxylic acids is 1. The molecule has 2 heterocycles. The van der Waals surface area contributed by atoms with Crippen molar-refractivity contribution in [3.8, 4) is 11.3 Å². The van der Waals surface area contributed by atoms with Crippen LogP contribution in [0.15, 0.2) is 29.0 Å². The predicted molar refractivity (Wildman–Crippen MR) is 101 cm³/mol. The van der Waals surface area contributed by atoms with Crippen molar-refractivity contribution in [2.45, 2.75) is 45.8 Å². The number of hydrogen-bond acceptors (Lipinski definition) is 5. The lowest BCUT2D eigenvalue weighted by atomic mass is 10.1. The number of hydrogen-bond donors (Lipinski definition) is 2. The summed E-state index contributed by atoms with van der Waals surface area (Å²) >= 11 is 1.58. The van der Waals surface area contributed by atoms with E-state index in [4.69, 9.17) is 4.74 Å². The van der Waals surface area contributed by atoms with Crippen LogP contribution in [-0.4, -0.2) is 40.2 Å². The molecular weight excluding hydrogens is 352 g/mol. The van der Waals surface area contributed by atoms with Crippen LogP contribution in [0.1, 0.15) is 43.2 Å². The molecule has 0 aliphatic heterocycles. The molecule has 2 aromatic rings. The fourth-order valence-electron chi connectivity index (χ4n) is 2.35. The SMILES string of the molecule is Cc1nc(-c2ccsc2)ccc1C(=O)NC(CCOC(C)(C)C)C(=O)O. The van der Waals surface area contributed by atoms with Crippen molar-refractivity contribution >= 4 is 23.2 Å². The van der Waals surface area contributed by atoms with Crippen LogP contribution in [0, 0.1) is 6.92 Å². The van der Waals surface area contributed by atoms with Crippen molar-refractivity contribution in [3.05, 3.63) is 40.2 Å². The minimum atomic E-state index is -1.09. The molecule has 0 aromatic carbocycles. The van der Waals surface area contributed by atoms with Gasteiger partial charge < -0.3 is 15.2 Å². The fraction of sp³-hybridized carbons (Fsp3) is 0.421. The third kappa shape index (κ3) is 5.64. The summed E-state index contributed by atoms with van der Waals surface area (Å²) in [5.41, 5.74) is 2.35. The molecule has 1 amide bonds. The zero-order chi connectivity index (χ0) is 19.3. The van der Waals surface area contributed by atoms with Gasteiger partial charge in [-0.2, -0.15) is 11.3 Å². The molecule has 0 bridgehead atoms. The molecule has 0 spiro atoms. The molecule has 2 N–H and O–H groups in total. The molecule has 1 atom stereocenters. The lowest BCUT2D eigenvalue weighted by Gasteiger charge is -2.21. The first kappa shape index (κ1) is 20.1. The van der Waals surface area contributed by atoms with Crippen molar-refractivity contribution in [1.29, 1.82) is 0 Å². The van der Waals surface area contributed by atoms with E-state index in [1.165, 1.54) is 0 Å². The Balaban J connectivity index is 2.05. The molecule has 2 rings (SSSR count). The Hall–Kier alpha value is -2.25. The minimum Gasteiger partial charge on any atom is -0.480 e. The van der Waals surface area contributed by atoms with Gasteiger partial charge in [-0.15, -0.1) is 0 Å². The third-order valence-electron chi connectivity index (χ3n) is 3.69. The molecule has 7 heteroatoms. The van der Waals surface area contributed by atoms with Crippen molar-refractivity contribution in [2.75, 3.05) is 6.61 Å². The van der Waals surface area contributed by atoms with Crippen LogP contribution < -0.4 is 5.32 Å². The molecule has 6 nitrogen and oxygen atoms in total. The van der Waals surface area contributed by atoms with Crippen LogP contribution in [0.5, 0.6) is 0 Å². The van der Waals surface area contributed by atoms with E-state index >= 15 is 0 Å². The second-order valence-electron chi connectivity index (χ2n) is 6.96. The van der Waals surface area contributed by atoms with Gasteiger partial charge in [0.05, 0.1) is 22.6 Å². The van der Waals surface area contributed by atoms with Gasteiger partial charge in [-0.1, -0.05) is 0 Å². The number of ether oxygens (including phenoxy) is 1. The van der Waals surface area contributed by atoms with E-state index < -0.39 is 17.9 Å². The number of aromatic nitrogens is 1. The van der Waals surface area contributed by atoms with E-state index in [1.54, 1.807) is 30.4 Å². The Morgan fingerprint density at radius 2 is 2.04 bits per heavy atom. The Kier molecular flexibility index (Phi) is 6.50. The largest absolute Gasteiger partial charge is 0.480 e. The second-order valence-corrected chi connectivity index (χ2v) is 7.74. The van der Waals surface area contributed by atoms with Gasteiger partial charge in [0.25, 0.3) is 5.91 Å². The standard InChI is InChI=1S/C19H24N2O4S/c1-12-14(5-6-15(20-12)13-8-10-26-11-13)17(22)21-16(18(23)24)7-9-25-19(2,3)4/h5-6,8,10-11,16H,7,9H2,1-4H3,(H,21,22)(H,23,24). The monoisotopic (exact) mass is 376 g/mol.